The van der Waals surface area contributed by atoms with E-state index in [1.807, 2.05) is 27.7 Å². The Morgan fingerprint density at radius 1 is 0.382 bits per heavy atom. The van der Waals surface area contributed by atoms with E-state index in [2.05, 4.69) is 61.1 Å². The lowest BCUT2D eigenvalue weighted by Gasteiger charge is -2.44. The third kappa shape index (κ3) is 50.6. The minimum absolute atomic E-state index is 0.0240. The number of carbonyl (C=O) groups excluding carboxylic acids is 13. The Bertz CT molecular complexity index is 3710. The van der Waals surface area contributed by atoms with Gasteiger partial charge in [-0.2, -0.15) is 8.78 Å². The smallest absolute Gasteiger partial charge is 0.463 e. The number of unbranched alkanes of at least 4 members (excludes halogenated alkanes) is 10. The number of nitrogens with two attached hydrogens (primary N) is 1. The van der Waals surface area contributed by atoms with E-state index in [0.717, 1.165) is 32.8 Å². The number of ether oxygens (including phenoxy) is 13. The molecular formula is C94H154F5N6O30P. The lowest BCUT2D eigenvalue weighted by atomic mass is 9.79. The van der Waals surface area contributed by atoms with Crippen molar-refractivity contribution in [2.45, 2.75) is 331 Å². The number of nitrogens with one attached hydrogen (secondary N) is 5. The molecule has 17 atom stereocenters. The summed E-state index contributed by atoms with van der Waals surface area (Å²) in [7, 11) is -2.61. The summed E-state index contributed by atoms with van der Waals surface area (Å²) in [6, 6.07) is -0.911. The molecule has 3 heterocycles. The number of carbonyl (C=O) groups is 13. The molecule has 0 aromatic heterocycles. The summed E-state index contributed by atoms with van der Waals surface area (Å²) in [6.07, 6.45) is 7.02. The number of hydrogen-bond acceptors (Lipinski definition) is 30. The summed E-state index contributed by atoms with van der Waals surface area (Å²) < 4.78 is 165. The van der Waals surface area contributed by atoms with Crippen LogP contribution in [0.5, 0.6) is 5.75 Å². The topological polar surface area (TPSA) is 484 Å². The second-order valence-electron chi connectivity index (χ2n) is 35.5. The summed E-state index contributed by atoms with van der Waals surface area (Å²) in [5.41, 5.74) is 3.65. The average Bonchev–Trinajstić information content (AvgIpc) is 0.784. The van der Waals surface area contributed by atoms with Crippen molar-refractivity contribution in [2.75, 3.05) is 113 Å². The van der Waals surface area contributed by atoms with Crippen molar-refractivity contribution in [1.82, 2.24) is 26.6 Å². The number of hydrogen-bond donors (Lipinski definition) is 7. The number of phosphoric ester groups is 1. The highest BCUT2D eigenvalue weighted by Gasteiger charge is 2.46. The van der Waals surface area contributed by atoms with Gasteiger partial charge in [0.15, 0.2) is 18.9 Å². The van der Waals surface area contributed by atoms with Crippen LogP contribution in [0.4, 0.5) is 22.0 Å². The molecule has 4 rings (SSSR count). The minimum atomic E-state index is -3.75. The highest BCUT2D eigenvalue weighted by atomic mass is 31.2. The fourth-order valence-corrected chi connectivity index (χ4v) is 15.7. The van der Waals surface area contributed by atoms with Crippen molar-refractivity contribution in [1.29, 1.82) is 0 Å². The number of esters is 4. The summed E-state index contributed by atoms with van der Waals surface area (Å²) in [5.74, 6) is -18.5. The van der Waals surface area contributed by atoms with Gasteiger partial charge in [-0.3, -0.25) is 71.4 Å². The van der Waals surface area contributed by atoms with Crippen LogP contribution in [-0.4, -0.2) is 249 Å². The molecule has 36 nitrogen and oxygen atoms in total. The molecule has 0 bridgehead atoms. The Morgan fingerprint density at radius 2 is 0.728 bits per heavy atom. The summed E-state index contributed by atoms with van der Waals surface area (Å²) in [6.45, 7) is 21.4. The van der Waals surface area contributed by atoms with Crippen LogP contribution in [0.3, 0.4) is 0 Å². The van der Waals surface area contributed by atoms with Gasteiger partial charge in [0.25, 0.3) is 0 Å². The van der Waals surface area contributed by atoms with Crippen molar-refractivity contribution in [3.05, 3.63) is 29.1 Å². The molecule has 780 valence electrons. The molecule has 136 heavy (non-hydrogen) atoms. The fraction of sp³-hybridized carbons (Fsp3) is 0.798. The van der Waals surface area contributed by atoms with Crippen LogP contribution in [0.1, 0.15) is 276 Å². The first-order valence-electron chi connectivity index (χ1n) is 47.9. The summed E-state index contributed by atoms with van der Waals surface area (Å²) in [4.78, 5) is 172. The standard InChI is InChI=1S/C87H136F5N5O26.C7H18NO4P/c1-53-54(2)69(47-117-62(10)100)120-84(59(53)7)114-41-22-19-31-65(103)27-15-13-17-29-67(105)36-44-111-50-87(97-74(109)34-25-35-75(110)123-83-79(91)77(89)76(88)78(90)80(83)92,51-112-45-37-68(106)30-18-14-16-28-66(104)32-20-23-42-115-85-81(95-60(8)98)57(5)55(3)70(121-85)48-118-63(11)101)52-113-46-38-73(108)94-40-26-39-93-72(107)33-21-24-43-116-86-82(96-61(9)99)58(6)56(4)71(122-86)49-119-64(12)102;1-11-13(9,10)12-7-5-3-2-4-6-8/h53-59,69-71,81-82,84-86H,13-52H2,1-12H3,(H,93,107)(H,94,108)(H,95,98)(H,96,99)(H,97,109);2-8H2,1H3,(H,9,10)/t53-,54+,55+,56+,57-,58-,59?,69?,70?,71?,81?,82?,84+,85+,86+,87?;/m0./s1. The molecule has 3 saturated heterocycles. The molecule has 3 aliphatic rings. The van der Waals surface area contributed by atoms with Crippen LogP contribution in [0.25, 0.3) is 0 Å². The van der Waals surface area contributed by atoms with Gasteiger partial charge >= 0.3 is 31.7 Å². The molecule has 1 aromatic carbocycles. The lowest BCUT2D eigenvalue weighted by molar-refractivity contribution is -0.255. The molecular weight excluding hydrogens is 1820 g/mol. The lowest BCUT2D eigenvalue weighted by Crippen LogP contribution is -2.58. The highest BCUT2D eigenvalue weighted by Crippen LogP contribution is 2.42. The van der Waals surface area contributed by atoms with Crippen LogP contribution in [0, 0.1) is 70.5 Å². The first-order valence-corrected chi connectivity index (χ1v) is 49.4. The summed E-state index contributed by atoms with van der Waals surface area (Å²) in [5, 5.41) is 14.2. The molecule has 0 radical (unpaired) electrons. The fourth-order valence-electron chi connectivity index (χ4n) is 15.3. The second kappa shape index (κ2) is 68.6. The number of ketones is 4. The summed E-state index contributed by atoms with van der Waals surface area (Å²) >= 11 is 0. The molecule has 5 amide bonds. The molecule has 8 N–H and O–H groups in total. The van der Waals surface area contributed by atoms with Crippen molar-refractivity contribution in [3.63, 3.8) is 0 Å². The van der Waals surface area contributed by atoms with Crippen LogP contribution in [0.2, 0.25) is 0 Å². The van der Waals surface area contributed by atoms with E-state index in [-0.39, 0.29) is 205 Å². The van der Waals surface area contributed by atoms with E-state index in [1.165, 1.54) is 34.6 Å². The quantitative estimate of drug-likeness (QED) is 0.00465. The Kier molecular flexibility index (Phi) is 61.8. The molecule has 8 unspecified atom stereocenters. The second-order valence-corrected chi connectivity index (χ2v) is 37.0. The van der Waals surface area contributed by atoms with E-state index in [4.69, 9.17) is 67.5 Å². The Balaban J connectivity index is 0.00000338. The molecule has 0 aliphatic carbocycles. The first kappa shape index (κ1) is 123. The minimum Gasteiger partial charge on any atom is -0.463 e. The van der Waals surface area contributed by atoms with Gasteiger partial charge < -0.3 is 98.8 Å². The van der Waals surface area contributed by atoms with Gasteiger partial charge in [-0.05, 0) is 132 Å². The molecule has 3 aliphatic heterocycles. The van der Waals surface area contributed by atoms with E-state index < -0.39 is 160 Å². The zero-order valence-electron chi connectivity index (χ0n) is 81.9. The number of benzene rings is 1. The predicted octanol–water partition coefficient (Wildman–Crippen LogP) is 11.5. The third-order valence-electron chi connectivity index (χ3n) is 24.2. The van der Waals surface area contributed by atoms with E-state index in [9.17, 15) is 88.8 Å². The molecule has 42 heteroatoms. The van der Waals surface area contributed by atoms with E-state index >= 15 is 0 Å². The maximum absolute atomic E-state index is 14.4. The van der Waals surface area contributed by atoms with Crippen LogP contribution in [-0.2, 0) is 133 Å². The molecule has 0 saturated carbocycles. The highest BCUT2D eigenvalue weighted by molar-refractivity contribution is 7.47. The van der Waals surface area contributed by atoms with Crippen LogP contribution < -0.4 is 37.1 Å². The van der Waals surface area contributed by atoms with Gasteiger partial charge in [0, 0.05) is 158 Å². The maximum atomic E-state index is 14.4. The van der Waals surface area contributed by atoms with Crippen molar-refractivity contribution in [3.8, 4) is 5.75 Å². The zero-order chi connectivity index (χ0) is 101. The van der Waals surface area contributed by atoms with Gasteiger partial charge in [-0.15, -0.1) is 0 Å². The number of halogens is 5. The maximum Gasteiger partial charge on any atom is 0.471 e. The first-order chi connectivity index (χ1) is 64.6. The van der Waals surface area contributed by atoms with Crippen molar-refractivity contribution in [2.24, 2.45) is 47.2 Å². The zero-order valence-corrected chi connectivity index (χ0v) is 82.8. The molecule has 1 aromatic rings. The normalized spacial score (nSPS) is 22.3. The molecule has 3 fully saturated rings. The monoisotopic (exact) mass is 1970 g/mol. The van der Waals surface area contributed by atoms with Gasteiger partial charge in [-0.25, -0.2) is 17.7 Å². The van der Waals surface area contributed by atoms with Crippen molar-refractivity contribution >= 4 is 84.4 Å². The van der Waals surface area contributed by atoms with Gasteiger partial charge in [0.2, 0.25) is 64.4 Å². The average molecular weight is 1970 g/mol. The van der Waals surface area contributed by atoms with Crippen LogP contribution >= 0.6 is 7.82 Å². The van der Waals surface area contributed by atoms with Gasteiger partial charge in [-0.1, -0.05) is 74.1 Å². The Morgan fingerprint density at radius 3 is 1.14 bits per heavy atom. The number of rotatable bonds is 71. The molecule has 0 spiro atoms. The van der Waals surface area contributed by atoms with E-state index in [0.29, 0.717) is 122 Å². The van der Waals surface area contributed by atoms with Gasteiger partial charge in [0.05, 0.1) is 76.6 Å². The number of phosphoric acid groups is 1. The van der Waals surface area contributed by atoms with E-state index in [1.54, 1.807) is 0 Å². The van der Waals surface area contributed by atoms with Crippen molar-refractivity contribution < 1.29 is 164 Å². The number of Topliss-reactive ketones (excluding diaryl/α,β-unsaturated/α-hetero) is 4. The predicted molar refractivity (Wildman–Crippen MR) is 485 cm³/mol. The largest absolute Gasteiger partial charge is 0.471 e. The Hall–Kier alpha value is -7.51. The number of amides is 5. The van der Waals surface area contributed by atoms with Gasteiger partial charge in [0.1, 0.15) is 48.5 Å². The SMILES string of the molecule is CC(=O)NC1[C@H](OCCCCC(=O)CCCCCC(=O)CCOCC(COCCC(=O)CCCCCC(=O)CCCCO[C@@H]2OC(COC(C)=O)[C@H](C)[C@H](C)C2C)(COCCC(=O)NCCCNC(=O)CCCCO[C@@H]2OC(COC(C)=O)[C@H](C)[C@H](C)C2NC(C)=O)NC(=O)CCCC(=O)Oc2c(F)c(F)c(F)c(F)c2F)OC(COC(C)=O)[C@H](C)[C@@H]1C.COP(=O)(O)OCCCCCCN. The van der Waals surface area contributed by atoms with Crippen LogP contribution in [0.15, 0.2) is 0 Å². The Labute approximate surface area is 797 Å². The third-order valence-corrected chi connectivity index (χ3v) is 25.2.